The second kappa shape index (κ2) is 6.43. The van der Waals surface area contributed by atoms with Gasteiger partial charge in [-0.25, -0.2) is 9.48 Å². The quantitative estimate of drug-likeness (QED) is 0.764. The van der Waals surface area contributed by atoms with Crippen molar-refractivity contribution in [2.45, 2.75) is 25.8 Å². The smallest absolute Gasteiger partial charge is 0.350 e. The molecule has 2 atom stereocenters. The number of rotatable bonds is 5. The molecule has 25 heavy (non-hydrogen) atoms. The van der Waals surface area contributed by atoms with Crippen LogP contribution in [-0.2, 0) is 4.79 Å². The van der Waals surface area contributed by atoms with Gasteiger partial charge >= 0.3 is 5.69 Å². The summed E-state index contributed by atoms with van der Waals surface area (Å²) in [6.07, 6.45) is 1.56. The van der Waals surface area contributed by atoms with Crippen LogP contribution in [0.2, 0.25) is 0 Å². The molecule has 3 rings (SSSR count). The molecule has 2 N–H and O–H groups in total. The van der Waals surface area contributed by atoms with E-state index in [9.17, 15) is 9.59 Å². The maximum absolute atomic E-state index is 12.8. The van der Waals surface area contributed by atoms with Crippen molar-refractivity contribution in [2.75, 3.05) is 7.11 Å². The molecule has 130 valence electrons. The molecule has 7 heteroatoms. The second-order valence-corrected chi connectivity index (χ2v) is 6.02. The van der Waals surface area contributed by atoms with E-state index in [1.165, 1.54) is 4.40 Å². The van der Waals surface area contributed by atoms with Gasteiger partial charge in [0.1, 0.15) is 11.8 Å². The van der Waals surface area contributed by atoms with Crippen LogP contribution in [0.1, 0.15) is 30.1 Å². The number of nitrogens with zero attached hydrogens (tertiary/aromatic N) is 3. The van der Waals surface area contributed by atoms with Gasteiger partial charge in [-0.1, -0.05) is 19.1 Å². The van der Waals surface area contributed by atoms with Crippen molar-refractivity contribution in [1.82, 2.24) is 14.2 Å². The summed E-state index contributed by atoms with van der Waals surface area (Å²) >= 11 is 0. The van der Waals surface area contributed by atoms with E-state index in [1.807, 2.05) is 32.0 Å². The summed E-state index contributed by atoms with van der Waals surface area (Å²) in [4.78, 5) is 25.0. The maximum Gasteiger partial charge on any atom is 0.350 e. The van der Waals surface area contributed by atoms with Crippen LogP contribution >= 0.6 is 0 Å². The number of benzene rings is 1. The van der Waals surface area contributed by atoms with Crippen LogP contribution in [0.4, 0.5) is 0 Å². The van der Waals surface area contributed by atoms with Crippen LogP contribution in [0.15, 0.2) is 47.4 Å². The van der Waals surface area contributed by atoms with Gasteiger partial charge in [0, 0.05) is 11.6 Å². The van der Waals surface area contributed by atoms with Gasteiger partial charge in [0.2, 0.25) is 5.91 Å². The second-order valence-electron chi connectivity index (χ2n) is 6.02. The van der Waals surface area contributed by atoms with Crippen LogP contribution < -0.4 is 16.2 Å². The van der Waals surface area contributed by atoms with Crippen molar-refractivity contribution in [3.8, 4) is 5.75 Å². The lowest BCUT2D eigenvalue weighted by molar-refractivity contribution is -0.122. The minimum atomic E-state index is -0.896. The van der Waals surface area contributed by atoms with Crippen molar-refractivity contribution >= 4 is 11.4 Å². The Bertz CT molecular complexity index is 972. The number of methoxy groups -OCH3 is 1. The lowest BCUT2D eigenvalue weighted by Crippen LogP contribution is -2.40. The first-order chi connectivity index (χ1) is 11.9. The standard InChI is InChI=1S/C18H20N4O3/c1-11-4-7-14-10-20-22(18(24)21(11)14)16(17(19)23)12(2)13-5-8-15(25-3)9-6-13/h4-10,12,16H,1-3H3,(H2,19,23). The lowest BCUT2D eigenvalue weighted by atomic mass is 9.93. The molecule has 2 heterocycles. The van der Waals surface area contributed by atoms with Crippen molar-refractivity contribution < 1.29 is 9.53 Å². The van der Waals surface area contributed by atoms with Gasteiger partial charge in [-0.05, 0) is 36.8 Å². The predicted molar refractivity (Wildman–Crippen MR) is 93.8 cm³/mol. The molecule has 0 spiro atoms. The van der Waals surface area contributed by atoms with Gasteiger partial charge in [0.15, 0.2) is 0 Å². The summed E-state index contributed by atoms with van der Waals surface area (Å²) in [6.45, 7) is 3.67. The Kier molecular flexibility index (Phi) is 4.31. The van der Waals surface area contributed by atoms with Gasteiger partial charge in [-0.15, -0.1) is 0 Å². The number of aromatic nitrogens is 3. The van der Waals surface area contributed by atoms with E-state index >= 15 is 0 Å². The van der Waals surface area contributed by atoms with E-state index in [1.54, 1.807) is 31.5 Å². The molecule has 0 aliphatic rings. The van der Waals surface area contributed by atoms with Crippen molar-refractivity contribution in [2.24, 2.45) is 5.73 Å². The fourth-order valence-electron chi connectivity index (χ4n) is 3.05. The summed E-state index contributed by atoms with van der Waals surface area (Å²) < 4.78 is 7.83. The number of hydrogen-bond acceptors (Lipinski definition) is 4. The predicted octanol–water partition coefficient (Wildman–Crippen LogP) is 1.64. The monoisotopic (exact) mass is 340 g/mol. The van der Waals surface area contributed by atoms with E-state index in [4.69, 9.17) is 10.5 Å². The molecule has 0 radical (unpaired) electrons. The number of nitrogens with two attached hydrogens (primary N) is 1. The number of aryl methyl sites for hydroxylation is 1. The highest BCUT2D eigenvalue weighted by atomic mass is 16.5. The molecule has 0 aliphatic heterocycles. The number of carbonyl (C=O) groups is 1. The Labute approximate surface area is 144 Å². The molecule has 3 aromatic rings. The zero-order valence-corrected chi connectivity index (χ0v) is 14.3. The first kappa shape index (κ1) is 16.8. The van der Waals surface area contributed by atoms with Crippen molar-refractivity contribution in [3.63, 3.8) is 0 Å². The number of amides is 1. The molecule has 2 aromatic heterocycles. The molecular weight excluding hydrogens is 320 g/mol. The first-order valence-corrected chi connectivity index (χ1v) is 7.93. The minimum absolute atomic E-state index is 0.332. The highest BCUT2D eigenvalue weighted by molar-refractivity contribution is 5.79. The first-order valence-electron chi connectivity index (χ1n) is 7.93. The highest BCUT2D eigenvalue weighted by Crippen LogP contribution is 2.28. The molecule has 0 saturated heterocycles. The molecule has 7 nitrogen and oxygen atoms in total. The Morgan fingerprint density at radius 3 is 2.48 bits per heavy atom. The van der Waals surface area contributed by atoms with Crippen LogP contribution in [0.25, 0.3) is 5.52 Å². The number of carbonyl (C=O) groups excluding carboxylic acids is 1. The summed E-state index contributed by atoms with van der Waals surface area (Å²) in [5.74, 6) is -0.227. The van der Waals surface area contributed by atoms with Gasteiger partial charge in [0.05, 0.1) is 18.8 Å². The van der Waals surface area contributed by atoms with E-state index < -0.39 is 11.9 Å². The topological polar surface area (TPSA) is 91.6 Å². The Balaban J connectivity index is 2.09. The fraction of sp³-hybridized carbons (Fsp3) is 0.278. The number of hydrogen-bond donors (Lipinski definition) is 1. The third kappa shape index (κ3) is 2.88. The van der Waals surface area contributed by atoms with Gasteiger partial charge in [-0.3, -0.25) is 9.20 Å². The fourth-order valence-corrected chi connectivity index (χ4v) is 3.05. The lowest BCUT2D eigenvalue weighted by Gasteiger charge is -2.23. The normalized spacial score (nSPS) is 13.6. The number of primary amides is 1. The summed E-state index contributed by atoms with van der Waals surface area (Å²) in [7, 11) is 1.59. The van der Waals surface area contributed by atoms with Crippen LogP contribution in [0, 0.1) is 6.92 Å². The molecule has 0 saturated carbocycles. The van der Waals surface area contributed by atoms with Crippen molar-refractivity contribution in [3.05, 3.63) is 64.3 Å². The van der Waals surface area contributed by atoms with Gasteiger partial charge in [0.25, 0.3) is 0 Å². The van der Waals surface area contributed by atoms with E-state index in [2.05, 4.69) is 5.10 Å². The molecular formula is C18H20N4O3. The largest absolute Gasteiger partial charge is 0.497 e. The summed E-state index contributed by atoms with van der Waals surface area (Å²) in [6, 6.07) is 10.0. The molecule has 0 bridgehead atoms. The minimum Gasteiger partial charge on any atom is -0.497 e. The van der Waals surface area contributed by atoms with E-state index in [0.717, 1.165) is 15.9 Å². The third-order valence-electron chi connectivity index (χ3n) is 4.48. The highest BCUT2D eigenvalue weighted by Gasteiger charge is 2.29. The van der Waals surface area contributed by atoms with E-state index in [0.29, 0.717) is 11.3 Å². The third-order valence-corrected chi connectivity index (χ3v) is 4.48. The number of fused-ring (bicyclic) bond motifs is 1. The van der Waals surface area contributed by atoms with Gasteiger partial charge in [-0.2, -0.15) is 5.10 Å². The molecule has 2 unspecified atom stereocenters. The van der Waals surface area contributed by atoms with Crippen LogP contribution in [-0.4, -0.2) is 27.2 Å². The zero-order valence-electron chi connectivity index (χ0n) is 14.3. The van der Waals surface area contributed by atoms with Crippen LogP contribution in [0.3, 0.4) is 0 Å². The summed E-state index contributed by atoms with van der Waals surface area (Å²) in [5.41, 5.74) is 7.55. The molecule has 0 fully saturated rings. The molecule has 1 aromatic carbocycles. The maximum atomic E-state index is 12.8. The zero-order chi connectivity index (χ0) is 18.1. The Morgan fingerprint density at radius 1 is 1.20 bits per heavy atom. The van der Waals surface area contributed by atoms with Gasteiger partial charge < -0.3 is 10.5 Å². The van der Waals surface area contributed by atoms with Crippen LogP contribution in [0.5, 0.6) is 5.75 Å². The van der Waals surface area contributed by atoms with E-state index in [-0.39, 0.29) is 11.6 Å². The average Bonchev–Trinajstić information content (AvgIpc) is 2.98. The molecule has 0 aliphatic carbocycles. The average molecular weight is 340 g/mol. The summed E-state index contributed by atoms with van der Waals surface area (Å²) in [5, 5.41) is 4.18. The Hall–Kier alpha value is -3.09. The molecule has 1 amide bonds. The Morgan fingerprint density at radius 2 is 1.88 bits per heavy atom. The van der Waals surface area contributed by atoms with Crippen molar-refractivity contribution in [1.29, 1.82) is 0 Å². The SMILES string of the molecule is COc1ccc(C(C)C(C(N)=O)n2ncc3ccc(C)n3c2=O)cc1. The number of ether oxygens (including phenoxy) is 1.